The molecule has 0 aliphatic carbocycles. The highest BCUT2D eigenvalue weighted by atomic mass is 35.5. The van der Waals surface area contributed by atoms with E-state index in [1.54, 1.807) is 43.5 Å². The Morgan fingerprint density at radius 2 is 1.97 bits per heavy atom. The van der Waals surface area contributed by atoms with Crippen LogP contribution in [0.25, 0.3) is 11.0 Å². The molecule has 0 fully saturated rings. The summed E-state index contributed by atoms with van der Waals surface area (Å²) in [7, 11) is 3.02. The molecular formula is C25H24ClNO6. The molecule has 0 bridgehead atoms. The second-order valence-corrected chi connectivity index (χ2v) is 8.20. The summed E-state index contributed by atoms with van der Waals surface area (Å²) >= 11 is 6.14. The van der Waals surface area contributed by atoms with E-state index in [1.165, 1.54) is 18.1 Å². The number of rotatable bonds is 8. The number of methoxy groups -OCH3 is 2. The summed E-state index contributed by atoms with van der Waals surface area (Å²) < 4.78 is 16.5. The van der Waals surface area contributed by atoms with Gasteiger partial charge in [-0.15, -0.1) is 0 Å². The van der Waals surface area contributed by atoms with Gasteiger partial charge in [-0.3, -0.25) is 9.59 Å². The van der Waals surface area contributed by atoms with Gasteiger partial charge in [-0.05, 0) is 36.2 Å². The summed E-state index contributed by atoms with van der Waals surface area (Å²) in [6.07, 6.45) is 1.57. The van der Waals surface area contributed by atoms with Crippen LogP contribution in [0.4, 0.5) is 0 Å². The monoisotopic (exact) mass is 469 g/mol. The van der Waals surface area contributed by atoms with Crippen molar-refractivity contribution in [3.63, 3.8) is 0 Å². The van der Waals surface area contributed by atoms with Crippen molar-refractivity contribution in [1.82, 2.24) is 4.90 Å². The average Bonchev–Trinajstić information content (AvgIpc) is 3.36. The van der Waals surface area contributed by atoms with Crippen molar-refractivity contribution >= 4 is 34.3 Å². The molecule has 1 atom stereocenters. The fourth-order valence-electron chi connectivity index (χ4n) is 4.08. The van der Waals surface area contributed by atoms with E-state index in [1.807, 2.05) is 6.92 Å². The van der Waals surface area contributed by atoms with Crippen LogP contribution in [0.1, 0.15) is 41.9 Å². The smallest absolute Gasteiger partial charge is 0.290 e. The van der Waals surface area contributed by atoms with E-state index in [2.05, 4.69) is 0 Å². The van der Waals surface area contributed by atoms with Crippen molar-refractivity contribution in [2.45, 2.75) is 25.8 Å². The lowest BCUT2D eigenvalue weighted by Crippen LogP contribution is -2.32. The zero-order valence-corrected chi connectivity index (χ0v) is 19.3. The first-order valence-corrected chi connectivity index (χ1v) is 11.0. The second-order valence-electron chi connectivity index (χ2n) is 7.76. The molecule has 33 heavy (non-hydrogen) atoms. The number of hydrogen-bond donors (Lipinski definition) is 1. The number of hydrogen-bond acceptors (Lipinski definition) is 6. The summed E-state index contributed by atoms with van der Waals surface area (Å²) in [5.74, 6) is -0.805. The zero-order chi connectivity index (χ0) is 23.7. The molecule has 0 spiro atoms. The minimum atomic E-state index is -0.773. The Morgan fingerprint density at radius 3 is 2.67 bits per heavy atom. The number of amides is 1. The number of nitrogens with zero attached hydrogens (tertiary/aromatic N) is 1. The Hall–Kier alpha value is -3.45. The number of ketones is 1. The highest BCUT2D eigenvalue weighted by molar-refractivity contribution is 6.31. The molecule has 0 saturated carbocycles. The summed E-state index contributed by atoms with van der Waals surface area (Å²) in [5.41, 5.74) is 0.979. The Balaban J connectivity index is 1.83. The minimum Gasteiger partial charge on any atom is -0.503 e. The van der Waals surface area contributed by atoms with Crippen molar-refractivity contribution in [3.05, 3.63) is 70.1 Å². The SMILES string of the molecule is CCCCN1C(=O)C(O)=C(C(=O)c2cc3cc(Cl)cc(OC)c3o2)C1c1cccc(OC)c1. The maximum atomic E-state index is 13.6. The van der Waals surface area contributed by atoms with E-state index in [0.29, 0.717) is 39.6 Å². The van der Waals surface area contributed by atoms with Gasteiger partial charge in [0.25, 0.3) is 5.91 Å². The predicted octanol–water partition coefficient (Wildman–Crippen LogP) is 5.48. The number of fused-ring (bicyclic) bond motifs is 1. The van der Waals surface area contributed by atoms with Gasteiger partial charge in [0, 0.05) is 23.0 Å². The Bertz CT molecular complexity index is 1260. The maximum absolute atomic E-state index is 13.6. The van der Waals surface area contributed by atoms with Gasteiger partial charge in [0.1, 0.15) is 5.75 Å². The van der Waals surface area contributed by atoms with E-state index < -0.39 is 23.5 Å². The van der Waals surface area contributed by atoms with Gasteiger partial charge in [0.2, 0.25) is 5.78 Å². The fourth-order valence-corrected chi connectivity index (χ4v) is 4.30. The van der Waals surface area contributed by atoms with Crippen LogP contribution in [0, 0.1) is 0 Å². The number of ether oxygens (including phenoxy) is 2. The summed E-state index contributed by atoms with van der Waals surface area (Å²) in [6.45, 7) is 2.40. The van der Waals surface area contributed by atoms with Crippen LogP contribution in [0.2, 0.25) is 5.02 Å². The van der Waals surface area contributed by atoms with Crippen LogP contribution < -0.4 is 9.47 Å². The molecule has 172 valence electrons. The molecule has 0 radical (unpaired) electrons. The van der Waals surface area contributed by atoms with E-state index in [-0.39, 0.29) is 11.3 Å². The largest absolute Gasteiger partial charge is 0.503 e. The molecule has 1 aliphatic heterocycles. The second kappa shape index (κ2) is 9.19. The Kier molecular flexibility index (Phi) is 6.33. The van der Waals surface area contributed by atoms with Gasteiger partial charge in [-0.2, -0.15) is 0 Å². The van der Waals surface area contributed by atoms with E-state index >= 15 is 0 Å². The van der Waals surface area contributed by atoms with E-state index in [9.17, 15) is 14.7 Å². The molecule has 2 heterocycles. The molecular weight excluding hydrogens is 446 g/mol. The van der Waals surface area contributed by atoms with Gasteiger partial charge in [0.15, 0.2) is 22.9 Å². The molecule has 7 nitrogen and oxygen atoms in total. The fraction of sp³-hybridized carbons (Fsp3) is 0.280. The standard InChI is InChI=1S/C25H24ClNO6/c1-4-5-9-27-21(14-7-6-8-17(11-14)31-2)20(23(29)25(27)30)22(28)18-12-15-10-16(26)13-19(32-3)24(15)33-18/h6-8,10-13,21,29H,4-5,9H2,1-3H3. The lowest BCUT2D eigenvalue weighted by Gasteiger charge is -2.26. The van der Waals surface area contributed by atoms with Gasteiger partial charge in [-0.1, -0.05) is 37.1 Å². The molecule has 3 aromatic rings. The molecule has 1 unspecified atom stereocenters. The zero-order valence-electron chi connectivity index (χ0n) is 18.6. The lowest BCUT2D eigenvalue weighted by atomic mass is 9.94. The lowest BCUT2D eigenvalue weighted by molar-refractivity contribution is -0.129. The Labute approximate surface area is 196 Å². The Morgan fingerprint density at radius 1 is 1.18 bits per heavy atom. The van der Waals surface area contributed by atoms with Crippen LogP contribution in [0.5, 0.6) is 11.5 Å². The molecule has 1 aromatic heterocycles. The number of halogens is 1. The molecule has 4 rings (SSSR count). The van der Waals surface area contributed by atoms with Crippen LogP contribution >= 0.6 is 11.6 Å². The quantitative estimate of drug-likeness (QED) is 0.439. The number of Topliss-reactive ketones (excluding diaryl/α,β-unsaturated/α-hetero) is 1. The van der Waals surface area contributed by atoms with Crippen LogP contribution in [-0.2, 0) is 4.79 Å². The van der Waals surface area contributed by atoms with Crippen molar-refractivity contribution in [3.8, 4) is 11.5 Å². The average molecular weight is 470 g/mol. The third-order valence-electron chi connectivity index (χ3n) is 5.70. The van der Waals surface area contributed by atoms with Crippen molar-refractivity contribution in [2.75, 3.05) is 20.8 Å². The van der Waals surface area contributed by atoms with Crippen molar-refractivity contribution in [2.24, 2.45) is 0 Å². The molecule has 0 saturated heterocycles. The highest BCUT2D eigenvalue weighted by Crippen LogP contribution is 2.41. The number of aliphatic hydroxyl groups is 1. The van der Waals surface area contributed by atoms with Crippen molar-refractivity contribution < 1.29 is 28.6 Å². The van der Waals surface area contributed by atoms with Gasteiger partial charge in [0.05, 0.1) is 25.8 Å². The maximum Gasteiger partial charge on any atom is 0.290 e. The number of furan rings is 1. The van der Waals surface area contributed by atoms with E-state index in [4.69, 9.17) is 25.5 Å². The van der Waals surface area contributed by atoms with Crippen LogP contribution in [-0.4, -0.2) is 42.5 Å². The van der Waals surface area contributed by atoms with E-state index in [0.717, 1.165) is 12.8 Å². The van der Waals surface area contributed by atoms with Gasteiger partial charge in [-0.25, -0.2) is 0 Å². The molecule has 1 aliphatic rings. The first kappa shape index (κ1) is 22.7. The number of carbonyl (C=O) groups is 2. The minimum absolute atomic E-state index is 0.0230. The normalized spacial score (nSPS) is 16.1. The first-order valence-electron chi connectivity index (χ1n) is 10.6. The third-order valence-corrected chi connectivity index (χ3v) is 5.92. The molecule has 2 aromatic carbocycles. The number of benzene rings is 2. The van der Waals surface area contributed by atoms with Crippen LogP contribution in [0.15, 0.2) is 58.2 Å². The topological polar surface area (TPSA) is 89.2 Å². The number of carbonyl (C=O) groups excluding carboxylic acids is 2. The first-order chi connectivity index (χ1) is 15.9. The van der Waals surface area contributed by atoms with Gasteiger partial charge < -0.3 is 23.9 Å². The summed E-state index contributed by atoms with van der Waals surface area (Å²) in [6, 6.07) is 11.1. The van der Waals surface area contributed by atoms with Crippen LogP contribution in [0.3, 0.4) is 0 Å². The highest BCUT2D eigenvalue weighted by Gasteiger charge is 2.44. The molecule has 1 amide bonds. The number of aliphatic hydroxyl groups excluding tert-OH is 1. The van der Waals surface area contributed by atoms with Gasteiger partial charge >= 0.3 is 0 Å². The molecule has 1 N–H and O–H groups in total. The summed E-state index contributed by atoms with van der Waals surface area (Å²) in [5, 5.41) is 11.8. The predicted molar refractivity (Wildman–Crippen MR) is 124 cm³/mol. The molecule has 8 heteroatoms. The third kappa shape index (κ3) is 4.04. The summed E-state index contributed by atoms with van der Waals surface area (Å²) in [4.78, 5) is 28.1. The van der Waals surface area contributed by atoms with Crippen molar-refractivity contribution in [1.29, 1.82) is 0 Å². The number of unbranched alkanes of at least 4 members (excludes halogenated alkanes) is 1.